The van der Waals surface area contributed by atoms with E-state index in [1.807, 2.05) is 18.8 Å². The number of hydrogen-bond acceptors (Lipinski definition) is 6. The summed E-state index contributed by atoms with van der Waals surface area (Å²) >= 11 is 1.88. The molecule has 0 bridgehead atoms. The number of nitrogens with one attached hydrogen (secondary N) is 3. The molecule has 0 spiro atoms. The zero-order valence-corrected chi connectivity index (χ0v) is 18.8. The fourth-order valence-electron chi connectivity index (χ4n) is 2.36. The number of thioether (sulfide) groups is 1. The van der Waals surface area contributed by atoms with E-state index in [0.717, 1.165) is 55.4 Å². The van der Waals surface area contributed by atoms with Gasteiger partial charge in [-0.2, -0.15) is 16.9 Å². The first-order chi connectivity index (χ1) is 12.3. The van der Waals surface area contributed by atoms with Crippen molar-refractivity contribution in [2.75, 3.05) is 43.5 Å². The number of unbranched alkanes of at least 4 members (excludes halogenated alkanes) is 1. The Morgan fingerprint density at radius 2 is 2.08 bits per heavy atom. The fraction of sp³-hybridized carbons (Fsp3) is 0.625. The lowest BCUT2D eigenvalue weighted by molar-refractivity contribution is 0.778. The van der Waals surface area contributed by atoms with Crippen molar-refractivity contribution >= 4 is 58.5 Å². The molecule has 0 radical (unpaired) electrons. The number of aromatic nitrogens is 4. The van der Waals surface area contributed by atoms with Crippen LogP contribution in [0.5, 0.6) is 0 Å². The van der Waals surface area contributed by atoms with Gasteiger partial charge in [-0.15, -0.1) is 24.0 Å². The maximum Gasteiger partial charge on any atom is 0.191 e. The molecule has 3 N–H and O–H groups in total. The van der Waals surface area contributed by atoms with E-state index in [0.29, 0.717) is 0 Å². The number of guanidine groups is 1. The van der Waals surface area contributed by atoms with Crippen LogP contribution in [0.1, 0.15) is 19.8 Å². The molecule has 0 unspecified atom stereocenters. The number of nitrogens with zero attached hydrogens (tertiary/aromatic N) is 5. The molecule has 146 valence electrons. The maximum absolute atomic E-state index is 4.60. The van der Waals surface area contributed by atoms with Gasteiger partial charge in [0.25, 0.3) is 0 Å². The van der Waals surface area contributed by atoms with Gasteiger partial charge in [0.1, 0.15) is 12.1 Å². The zero-order valence-electron chi connectivity index (χ0n) is 15.7. The predicted molar refractivity (Wildman–Crippen MR) is 122 cm³/mol. The summed E-state index contributed by atoms with van der Waals surface area (Å²) in [6, 6.07) is 0. The van der Waals surface area contributed by atoms with Crippen LogP contribution in [0.15, 0.2) is 17.5 Å². The molecular formula is C16H29IN8S. The minimum absolute atomic E-state index is 0. The number of anilines is 1. The highest BCUT2D eigenvalue weighted by atomic mass is 127. The normalized spacial score (nSPS) is 11.3. The number of halogens is 1. The fourth-order valence-corrected chi connectivity index (χ4v) is 2.85. The topological polar surface area (TPSA) is 92.1 Å². The molecule has 0 saturated carbocycles. The van der Waals surface area contributed by atoms with Crippen LogP contribution >= 0.6 is 35.7 Å². The average Bonchev–Trinajstić information content (AvgIpc) is 3.00. The lowest BCUT2D eigenvalue weighted by Gasteiger charge is -2.12. The van der Waals surface area contributed by atoms with Crippen molar-refractivity contribution in [3.05, 3.63) is 12.5 Å². The smallest absolute Gasteiger partial charge is 0.191 e. The van der Waals surface area contributed by atoms with Gasteiger partial charge < -0.3 is 16.0 Å². The van der Waals surface area contributed by atoms with Gasteiger partial charge in [0.2, 0.25) is 0 Å². The van der Waals surface area contributed by atoms with E-state index >= 15 is 0 Å². The maximum atomic E-state index is 4.60. The zero-order chi connectivity index (χ0) is 17.9. The van der Waals surface area contributed by atoms with Crippen LogP contribution in [0.2, 0.25) is 0 Å². The number of rotatable bonds is 10. The third kappa shape index (κ3) is 7.14. The Kier molecular flexibility index (Phi) is 11.3. The van der Waals surface area contributed by atoms with E-state index in [2.05, 4.69) is 49.2 Å². The minimum atomic E-state index is 0. The summed E-state index contributed by atoms with van der Waals surface area (Å²) < 4.78 is 1.74. The quantitative estimate of drug-likeness (QED) is 0.203. The molecule has 0 fully saturated rings. The second-order valence-electron chi connectivity index (χ2n) is 5.54. The van der Waals surface area contributed by atoms with Gasteiger partial charge in [0.05, 0.1) is 11.6 Å². The molecule has 0 aliphatic rings. The lowest BCUT2D eigenvalue weighted by Crippen LogP contribution is -2.39. The van der Waals surface area contributed by atoms with Gasteiger partial charge in [-0.3, -0.25) is 9.67 Å². The van der Waals surface area contributed by atoms with Crippen molar-refractivity contribution in [1.82, 2.24) is 30.4 Å². The highest BCUT2D eigenvalue weighted by Gasteiger charge is 2.06. The standard InChI is InChI=1S/C16H28N8S.HI/c1-4-17-16(19-7-5-6-10-25-3)20-9-8-18-14-13-11-23-24(2)15(13)22-12-21-14;/h11-12H,4-10H2,1-3H3,(H2,17,19,20)(H,18,21,22);1H. The van der Waals surface area contributed by atoms with Gasteiger partial charge in [-0.25, -0.2) is 9.97 Å². The van der Waals surface area contributed by atoms with Gasteiger partial charge in [0, 0.05) is 33.2 Å². The van der Waals surface area contributed by atoms with Gasteiger partial charge in [-0.05, 0) is 31.8 Å². The Balaban J connectivity index is 0.00000338. The van der Waals surface area contributed by atoms with Crippen molar-refractivity contribution in [3.63, 3.8) is 0 Å². The highest BCUT2D eigenvalue weighted by Crippen LogP contribution is 2.16. The van der Waals surface area contributed by atoms with E-state index in [9.17, 15) is 0 Å². The summed E-state index contributed by atoms with van der Waals surface area (Å²) in [4.78, 5) is 13.1. The number of aliphatic imine (C=N–C) groups is 1. The Labute approximate surface area is 176 Å². The third-order valence-corrected chi connectivity index (χ3v) is 4.31. The Morgan fingerprint density at radius 3 is 2.85 bits per heavy atom. The van der Waals surface area contributed by atoms with E-state index in [-0.39, 0.29) is 24.0 Å². The molecule has 26 heavy (non-hydrogen) atoms. The molecule has 2 aromatic heterocycles. The summed E-state index contributed by atoms with van der Waals surface area (Å²) in [5, 5.41) is 15.1. The van der Waals surface area contributed by atoms with Crippen molar-refractivity contribution in [2.45, 2.75) is 19.8 Å². The van der Waals surface area contributed by atoms with E-state index in [4.69, 9.17) is 0 Å². The average molecular weight is 492 g/mol. The van der Waals surface area contributed by atoms with Crippen LogP contribution in [0, 0.1) is 0 Å². The number of aryl methyl sites for hydroxylation is 1. The number of fused-ring (bicyclic) bond motifs is 1. The van der Waals surface area contributed by atoms with E-state index < -0.39 is 0 Å². The summed E-state index contributed by atoms with van der Waals surface area (Å²) in [6.07, 6.45) is 7.81. The molecule has 0 saturated heterocycles. The van der Waals surface area contributed by atoms with Crippen molar-refractivity contribution in [2.24, 2.45) is 12.0 Å². The molecule has 10 heteroatoms. The predicted octanol–water partition coefficient (Wildman–Crippen LogP) is 2.09. The highest BCUT2D eigenvalue weighted by molar-refractivity contribution is 14.0. The van der Waals surface area contributed by atoms with Crippen LogP contribution in [-0.2, 0) is 7.05 Å². The minimum Gasteiger partial charge on any atom is -0.368 e. The van der Waals surface area contributed by atoms with Crippen molar-refractivity contribution in [3.8, 4) is 0 Å². The Bertz CT molecular complexity index is 675. The number of hydrogen-bond donors (Lipinski definition) is 3. The molecule has 0 atom stereocenters. The lowest BCUT2D eigenvalue weighted by atomic mass is 10.3. The second-order valence-corrected chi connectivity index (χ2v) is 6.53. The molecule has 0 amide bonds. The van der Waals surface area contributed by atoms with Crippen molar-refractivity contribution < 1.29 is 0 Å². The summed E-state index contributed by atoms with van der Waals surface area (Å²) in [6.45, 7) is 5.27. The van der Waals surface area contributed by atoms with Crippen LogP contribution in [0.25, 0.3) is 11.0 Å². The summed E-state index contributed by atoms with van der Waals surface area (Å²) in [5.41, 5.74) is 0.825. The molecule has 0 aliphatic carbocycles. The van der Waals surface area contributed by atoms with Gasteiger partial charge in [0.15, 0.2) is 11.6 Å². The largest absolute Gasteiger partial charge is 0.368 e. The van der Waals surface area contributed by atoms with Crippen LogP contribution in [-0.4, -0.2) is 63.9 Å². The first-order valence-corrected chi connectivity index (χ1v) is 10.0. The molecular weight excluding hydrogens is 463 g/mol. The molecule has 2 heterocycles. The molecule has 0 aromatic carbocycles. The van der Waals surface area contributed by atoms with Gasteiger partial charge in [-0.1, -0.05) is 0 Å². The van der Waals surface area contributed by atoms with E-state index in [1.165, 1.54) is 12.2 Å². The van der Waals surface area contributed by atoms with E-state index in [1.54, 1.807) is 17.2 Å². The second kappa shape index (κ2) is 13.0. The van der Waals surface area contributed by atoms with Crippen LogP contribution in [0.4, 0.5) is 5.82 Å². The Hall–Kier alpha value is -1.30. The SMILES string of the molecule is CCNC(=NCCCCSC)NCCNc1ncnc2c1cnn2C.I. The molecule has 8 nitrogen and oxygen atoms in total. The molecule has 2 aromatic rings. The van der Waals surface area contributed by atoms with Crippen LogP contribution in [0.3, 0.4) is 0 Å². The Morgan fingerprint density at radius 1 is 1.23 bits per heavy atom. The summed E-state index contributed by atoms with van der Waals surface area (Å²) in [5.74, 6) is 2.87. The monoisotopic (exact) mass is 492 g/mol. The van der Waals surface area contributed by atoms with Crippen LogP contribution < -0.4 is 16.0 Å². The first-order valence-electron chi connectivity index (χ1n) is 8.64. The summed E-state index contributed by atoms with van der Waals surface area (Å²) in [7, 11) is 1.87. The van der Waals surface area contributed by atoms with Gasteiger partial charge >= 0.3 is 0 Å². The first kappa shape index (κ1) is 22.7. The van der Waals surface area contributed by atoms with Crippen molar-refractivity contribution in [1.29, 1.82) is 0 Å². The molecule has 0 aliphatic heterocycles. The molecule has 2 rings (SSSR count). The third-order valence-electron chi connectivity index (χ3n) is 3.61.